The van der Waals surface area contributed by atoms with Crippen LogP contribution in [0.4, 0.5) is 5.69 Å². The zero-order valence-electron chi connectivity index (χ0n) is 6.45. The van der Waals surface area contributed by atoms with Crippen LogP contribution in [0, 0.1) is 10.1 Å². The number of nitrogens with one attached hydrogen (secondary N) is 1. The number of halogens is 1. The van der Waals surface area contributed by atoms with Crippen molar-refractivity contribution in [2.24, 2.45) is 0 Å². The molecule has 5 heteroatoms. The predicted octanol–water partition coefficient (Wildman–Crippen LogP) is 2.73. The standard InChI is InChI=1S/C8H5ClN2O2/c9-6-1-2-7(11(12)13)5-3-4-10-8(5)6/h1-4,10H. The van der Waals surface area contributed by atoms with Crippen LogP contribution in [0.15, 0.2) is 24.4 Å². The van der Waals surface area contributed by atoms with E-state index in [4.69, 9.17) is 11.6 Å². The Morgan fingerprint density at radius 1 is 1.38 bits per heavy atom. The molecule has 1 heterocycles. The molecule has 0 radical (unpaired) electrons. The Morgan fingerprint density at radius 3 is 2.85 bits per heavy atom. The number of non-ortho nitro benzene ring substituents is 1. The van der Waals surface area contributed by atoms with E-state index in [0.29, 0.717) is 15.9 Å². The quantitative estimate of drug-likeness (QED) is 0.563. The van der Waals surface area contributed by atoms with Crippen LogP contribution in [-0.2, 0) is 0 Å². The van der Waals surface area contributed by atoms with Crippen molar-refractivity contribution in [3.05, 3.63) is 39.5 Å². The fourth-order valence-electron chi connectivity index (χ4n) is 1.26. The van der Waals surface area contributed by atoms with Crippen molar-refractivity contribution in [2.45, 2.75) is 0 Å². The normalized spacial score (nSPS) is 10.5. The Morgan fingerprint density at radius 2 is 2.15 bits per heavy atom. The second-order valence-electron chi connectivity index (χ2n) is 2.59. The maximum Gasteiger partial charge on any atom is 0.278 e. The third-order valence-electron chi connectivity index (χ3n) is 1.85. The lowest BCUT2D eigenvalue weighted by atomic mass is 10.2. The third kappa shape index (κ3) is 1.15. The number of nitro benzene ring substituents is 1. The van der Waals surface area contributed by atoms with Crippen LogP contribution >= 0.6 is 11.6 Å². The Balaban J connectivity index is 2.86. The Labute approximate surface area is 78.3 Å². The van der Waals surface area contributed by atoms with Gasteiger partial charge in [-0.3, -0.25) is 10.1 Å². The van der Waals surface area contributed by atoms with Gasteiger partial charge in [-0.1, -0.05) is 11.6 Å². The van der Waals surface area contributed by atoms with Gasteiger partial charge in [-0.2, -0.15) is 0 Å². The molecular weight excluding hydrogens is 192 g/mol. The SMILES string of the molecule is O=[N+]([O-])c1ccc(Cl)c2[nH]ccc12. The van der Waals surface area contributed by atoms with E-state index >= 15 is 0 Å². The zero-order valence-corrected chi connectivity index (χ0v) is 7.21. The average Bonchev–Trinajstić information content (AvgIpc) is 2.53. The first-order valence-corrected chi connectivity index (χ1v) is 3.98. The first-order valence-electron chi connectivity index (χ1n) is 3.60. The number of hydrogen-bond donors (Lipinski definition) is 1. The van der Waals surface area contributed by atoms with Gasteiger partial charge in [0.05, 0.1) is 20.8 Å². The van der Waals surface area contributed by atoms with Gasteiger partial charge in [-0.05, 0) is 12.1 Å². The van der Waals surface area contributed by atoms with Crippen molar-refractivity contribution >= 4 is 28.2 Å². The van der Waals surface area contributed by atoms with Gasteiger partial charge in [0.25, 0.3) is 5.69 Å². The van der Waals surface area contributed by atoms with Crippen LogP contribution in [0.3, 0.4) is 0 Å². The second-order valence-corrected chi connectivity index (χ2v) is 3.00. The molecule has 1 aromatic heterocycles. The predicted molar refractivity (Wildman–Crippen MR) is 50.0 cm³/mol. The number of H-pyrrole nitrogens is 1. The zero-order chi connectivity index (χ0) is 9.42. The van der Waals surface area contributed by atoms with Crippen molar-refractivity contribution in [1.29, 1.82) is 0 Å². The Bertz CT molecular complexity index is 478. The van der Waals surface area contributed by atoms with Crippen molar-refractivity contribution < 1.29 is 4.92 Å². The molecule has 0 aliphatic carbocycles. The lowest BCUT2D eigenvalue weighted by molar-refractivity contribution is -0.383. The van der Waals surface area contributed by atoms with E-state index in [2.05, 4.69) is 4.98 Å². The van der Waals surface area contributed by atoms with E-state index in [1.807, 2.05) is 0 Å². The van der Waals surface area contributed by atoms with E-state index in [0.717, 1.165) is 0 Å². The minimum absolute atomic E-state index is 0.0700. The molecule has 2 rings (SSSR count). The van der Waals surface area contributed by atoms with Gasteiger partial charge in [0.2, 0.25) is 0 Å². The summed E-state index contributed by atoms with van der Waals surface area (Å²) in [5, 5.41) is 11.6. The lowest BCUT2D eigenvalue weighted by Crippen LogP contribution is -1.88. The van der Waals surface area contributed by atoms with Crippen LogP contribution in [0.25, 0.3) is 10.9 Å². The molecule has 0 aliphatic rings. The number of hydrogen-bond acceptors (Lipinski definition) is 2. The van der Waals surface area contributed by atoms with Gasteiger partial charge in [-0.15, -0.1) is 0 Å². The number of nitrogens with zero attached hydrogens (tertiary/aromatic N) is 1. The molecule has 0 unspecified atom stereocenters. The fourth-order valence-corrected chi connectivity index (χ4v) is 1.48. The van der Waals surface area contributed by atoms with Gasteiger partial charge in [0, 0.05) is 12.3 Å². The molecule has 66 valence electrons. The molecule has 0 saturated carbocycles. The molecule has 0 atom stereocenters. The molecule has 1 aromatic carbocycles. The summed E-state index contributed by atoms with van der Waals surface area (Å²) in [6.45, 7) is 0. The number of nitro groups is 1. The number of aromatic amines is 1. The molecule has 13 heavy (non-hydrogen) atoms. The highest BCUT2D eigenvalue weighted by molar-refractivity contribution is 6.35. The highest BCUT2D eigenvalue weighted by atomic mass is 35.5. The van der Waals surface area contributed by atoms with Crippen molar-refractivity contribution in [1.82, 2.24) is 4.98 Å². The highest BCUT2D eigenvalue weighted by Gasteiger charge is 2.13. The van der Waals surface area contributed by atoms with Crippen LogP contribution in [0.2, 0.25) is 5.02 Å². The Kier molecular flexibility index (Phi) is 1.70. The summed E-state index contributed by atoms with van der Waals surface area (Å²) in [5.41, 5.74) is 0.677. The third-order valence-corrected chi connectivity index (χ3v) is 2.16. The molecule has 0 saturated heterocycles. The first kappa shape index (κ1) is 8.07. The maximum absolute atomic E-state index is 10.6. The van der Waals surface area contributed by atoms with Crippen molar-refractivity contribution in [3.8, 4) is 0 Å². The monoisotopic (exact) mass is 196 g/mol. The van der Waals surface area contributed by atoms with Gasteiger partial charge in [0.15, 0.2) is 0 Å². The number of fused-ring (bicyclic) bond motifs is 1. The summed E-state index contributed by atoms with van der Waals surface area (Å²) in [6.07, 6.45) is 1.63. The summed E-state index contributed by atoms with van der Waals surface area (Å²) in [4.78, 5) is 13.0. The van der Waals surface area contributed by atoms with Gasteiger partial charge < -0.3 is 4.98 Å². The molecule has 0 aliphatic heterocycles. The van der Waals surface area contributed by atoms with E-state index in [1.165, 1.54) is 12.1 Å². The average molecular weight is 197 g/mol. The summed E-state index contributed by atoms with van der Waals surface area (Å²) >= 11 is 5.82. The second kappa shape index (κ2) is 2.74. The number of aromatic nitrogens is 1. The molecule has 0 bridgehead atoms. The van der Waals surface area contributed by atoms with Crippen LogP contribution in [0.5, 0.6) is 0 Å². The van der Waals surface area contributed by atoms with Crippen LogP contribution in [-0.4, -0.2) is 9.91 Å². The van der Waals surface area contributed by atoms with Gasteiger partial charge >= 0.3 is 0 Å². The van der Waals surface area contributed by atoms with Gasteiger partial charge in [0.1, 0.15) is 0 Å². The van der Waals surface area contributed by atoms with E-state index in [9.17, 15) is 10.1 Å². The molecule has 0 fully saturated rings. The molecule has 2 aromatic rings. The van der Waals surface area contributed by atoms with Gasteiger partial charge in [-0.25, -0.2) is 0 Å². The summed E-state index contributed by atoms with van der Waals surface area (Å²) in [5.74, 6) is 0. The molecule has 0 amide bonds. The Hall–Kier alpha value is -1.55. The van der Waals surface area contributed by atoms with Crippen molar-refractivity contribution in [3.63, 3.8) is 0 Å². The first-order chi connectivity index (χ1) is 6.20. The minimum Gasteiger partial charge on any atom is -0.360 e. The topological polar surface area (TPSA) is 58.9 Å². The molecule has 1 N–H and O–H groups in total. The summed E-state index contributed by atoms with van der Waals surface area (Å²) in [7, 11) is 0. The smallest absolute Gasteiger partial charge is 0.278 e. The minimum atomic E-state index is -0.424. The van der Waals surface area contributed by atoms with E-state index in [1.54, 1.807) is 12.3 Å². The van der Waals surface area contributed by atoms with E-state index < -0.39 is 4.92 Å². The van der Waals surface area contributed by atoms with E-state index in [-0.39, 0.29) is 5.69 Å². The number of benzene rings is 1. The highest BCUT2D eigenvalue weighted by Crippen LogP contribution is 2.29. The largest absolute Gasteiger partial charge is 0.360 e. The molecule has 0 spiro atoms. The van der Waals surface area contributed by atoms with Crippen molar-refractivity contribution in [2.75, 3.05) is 0 Å². The summed E-state index contributed by atoms with van der Waals surface area (Å²) < 4.78 is 0. The van der Waals surface area contributed by atoms with Crippen LogP contribution in [0.1, 0.15) is 0 Å². The molecular formula is C8H5ClN2O2. The van der Waals surface area contributed by atoms with Crippen LogP contribution < -0.4 is 0 Å². The number of rotatable bonds is 1. The maximum atomic E-state index is 10.6. The summed E-state index contributed by atoms with van der Waals surface area (Å²) in [6, 6.07) is 4.55. The molecule has 4 nitrogen and oxygen atoms in total. The fraction of sp³-hybridized carbons (Fsp3) is 0. The lowest BCUT2D eigenvalue weighted by Gasteiger charge is -1.95.